The van der Waals surface area contributed by atoms with Gasteiger partial charge in [-0.25, -0.2) is 4.79 Å². The van der Waals surface area contributed by atoms with Crippen LogP contribution < -0.4 is 11.2 Å². The van der Waals surface area contributed by atoms with E-state index in [4.69, 9.17) is 10.8 Å². The zero-order valence-corrected chi connectivity index (χ0v) is 11.6. The van der Waals surface area contributed by atoms with Crippen LogP contribution in [0.25, 0.3) is 0 Å². The molecule has 0 saturated heterocycles. The molecule has 3 N–H and O–H groups in total. The SMILES string of the molecule is Cc1cc(N)ccc(Sc2ccccc2C(=O)O)c1=O. The Balaban J connectivity index is 2.52. The molecule has 2 aromatic rings. The van der Waals surface area contributed by atoms with Crippen LogP contribution in [0.15, 0.2) is 57.1 Å². The van der Waals surface area contributed by atoms with Crippen LogP contribution in [0, 0.1) is 6.92 Å². The molecule has 0 radical (unpaired) electrons. The molecule has 4 nitrogen and oxygen atoms in total. The highest BCUT2D eigenvalue weighted by molar-refractivity contribution is 7.99. The van der Waals surface area contributed by atoms with Gasteiger partial charge in [-0.05, 0) is 42.8 Å². The maximum atomic E-state index is 12.2. The number of aryl methyl sites for hydroxylation is 1. The number of carboxylic acid groups (broad SMARTS) is 1. The third-order valence-electron chi connectivity index (χ3n) is 2.73. The van der Waals surface area contributed by atoms with E-state index in [1.807, 2.05) is 0 Å². The van der Waals surface area contributed by atoms with Crippen LogP contribution >= 0.6 is 11.8 Å². The third kappa shape index (κ3) is 3.00. The number of benzene rings is 1. The first kappa shape index (κ1) is 14.1. The lowest BCUT2D eigenvalue weighted by Crippen LogP contribution is -2.04. The van der Waals surface area contributed by atoms with Crippen LogP contribution in [0.2, 0.25) is 0 Å². The summed E-state index contributed by atoms with van der Waals surface area (Å²) >= 11 is 1.14. The average Bonchev–Trinajstić information content (AvgIpc) is 2.53. The second-order valence-electron chi connectivity index (χ2n) is 4.26. The molecule has 0 fully saturated rings. The maximum Gasteiger partial charge on any atom is 0.336 e. The van der Waals surface area contributed by atoms with E-state index in [2.05, 4.69) is 0 Å². The summed E-state index contributed by atoms with van der Waals surface area (Å²) in [5.74, 6) is -1.02. The van der Waals surface area contributed by atoms with Crippen molar-refractivity contribution in [3.8, 4) is 0 Å². The van der Waals surface area contributed by atoms with E-state index >= 15 is 0 Å². The normalized spacial score (nSPS) is 10.2. The molecule has 0 heterocycles. The summed E-state index contributed by atoms with van der Waals surface area (Å²) in [4.78, 5) is 24.3. The summed E-state index contributed by atoms with van der Waals surface area (Å²) in [5, 5.41) is 9.15. The molecule has 0 aromatic heterocycles. The van der Waals surface area contributed by atoms with Crippen molar-refractivity contribution < 1.29 is 9.90 Å². The molecule has 0 unspecified atom stereocenters. The monoisotopic (exact) mass is 287 g/mol. The fraction of sp³-hybridized carbons (Fsp3) is 0.0667. The van der Waals surface area contributed by atoms with Crippen LogP contribution in [-0.2, 0) is 0 Å². The molecule has 0 saturated carbocycles. The number of hydrogen-bond acceptors (Lipinski definition) is 4. The fourth-order valence-corrected chi connectivity index (χ4v) is 2.78. The molecule has 2 rings (SSSR count). The number of aromatic carboxylic acids is 1. The number of carboxylic acids is 1. The molecule has 0 aliphatic rings. The summed E-state index contributed by atoms with van der Waals surface area (Å²) < 4.78 is 0. The Labute approximate surface area is 120 Å². The lowest BCUT2D eigenvalue weighted by molar-refractivity contribution is 0.0693. The molecule has 20 heavy (non-hydrogen) atoms. The minimum Gasteiger partial charge on any atom is -0.478 e. The number of nitrogen functional groups attached to an aromatic ring is 1. The second-order valence-corrected chi connectivity index (χ2v) is 5.34. The Morgan fingerprint density at radius 1 is 1.15 bits per heavy atom. The maximum absolute atomic E-state index is 12.2. The van der Waals surface area contributed by atoms with Gasteiger partial charge in [0.05, 0.1) is 10.5 Å². The van der Waals surface area contributed by atoms with Crippen molar-refractivity contribution in [2.24, 2.45) is 0 Å². The van der Waals surface area contributed by atoms with E-state index in [0.717, 1.165) is 11.8 Å². The molecular weight excluding hydrogens is 274 g/mol. The molecule has 0 spiro atoms. The quantitative estimate of drug-likeness (QED) is 0.907. The zero-order valence-electron chi connectivity index (χ0n) is 10.8. The molecule has 2 aromatic carbocycles. The third-order valence-corrected chi connectivity index (χ3v) is 3.85. The first-order valence-electron chi connectivity index (χ1n) is 5.89. The van der Waals surface area contributed by atoms with Gasteiger partial charge in [-0.3, -0.25) is 4.79 Å². The highest BCUT2D eigenvalue weighted by Crippen LogP contribution is 2.28. The van der Waals surface area contributed by atoms with Crippen molar-refractivity contribution in [2.75, 3.05) is 5.73 Å². The van der Waals surface area contributed by atoms with Crippen LogP contribution in [0.5, 0.6) is 0 Å². The fourth-order valence-electron chi connectivity index (χ4n) is 1.74. The second kappa shape index (κ2) is 5.79. The van der Waals surface area contributed by atoms with Crippen molar-refractivity contribution >= 4 is 23.4 Å². The summed E-state index contributed by atoms with van der Waals surface area (Å²) in [6, 6.07) is 11.4. The molecule has 0 bridgehead atoms. The van der Waals surface area contributed by atoms with Gasteiger partial charge >= 0.3 is 5.97 Å². The van der Waals surface area contributed by atoms with Crippen LogP contribution in [-0.4, -0.2) is 11.1 Å². The summed E-state index contributed by atoms with van der Waals surface area (Å²) in [6.07, 6.45) is 0. The van der Waals surface area contributed by atoms with Gasteiger partial charge in [0.1, 0.15) is 0 Å². The predicted molar refractivity (Wildman–Crippen MR) is 79.4 cm³/mol. The Kier molecular flexibility index (Phi) is 4.10. The van der Waals surface area contributed by atoms with Gasteiger partial charge in [0, 0.05) is 10.6 Å². The molecule has 0 amide bonds. The van der Waals surface area contributed by atoms with E-state index in [1.54, 1.807) is 43.3 Å². The van der Waals surface area contributed by atoms with Crippen molar-refractivity contribution in [2.45, 2.75) is 16.7 Å². The minimum atomic E-state index is -1.02. The van der Waals surface area contributed by atoms with Crippen molar-refractivity contribution in [1.29, 1.82) is 0 Å². The molecule has 102 valence electrons. The zero-order chi connectivity index (χ0) is 14.7. The van der Waals surface area contributed by atoms with Crippen LogP contribution in [0.1, 0.15) is 15.9 Å². The van der Waals surface area contributed by atoms with Crippen molar-refractivity contribution in [1.82, 2.24) is 0 Å². The Morgan fingerprint density at radius 2 is 1.85 bits per heavy atom. The van der Waals surface area contributed by atoms with Gasteiger partial charge in [0.2, 0.25) is 0 Å². The van der Waals surface area contributed by atoms with E-state index in [-0.39, 0.29) is 11.0 Å². The molecule has 0 aliphatic heterocycles. The van der Waals surface area contributed by atoms with Crippen LogP contribution in [0.3, 0.4) is 0 Å². The number of carbonyl (C=O) groups is 1. The number of anilines is 1. The standard InChI is InChI=1S/C15H13NO3S/c1-9-8-10(16)6-7-13(14(9)17)20-12-5-3-2-4-11(12)15(18)19/h2-8H,16H2,1H3,(H,18,19). The van der Waals surface area contributed by atoms with Crippen molar-refractivity contribution in [3.63, 3.8) is 0 Å². The first-order chi connectivity index (χ1) is 9.49. The van der Waals surface area contributed by atoms with E-state index in [9.17, 15) is 9.59 Å². The number of nitrogens with two attached hydrogens (primary N) is 1. The van der Waals surface area contributed by atoms with Gasteiger partial charge < -0.3 is 10.8 Å². The van der Waals surface area contributed by atoms with Crippen LogP contribution in [0.4, 0.5) is 5.69 Å². The predicted octanol–water partition coefficient (Wildman–Crippen LogP) is 2.79. The highest BCUT2D eigenvalue weighted by atomic mass is 32.2. The molecule has 0 atom stereocenters. The lowest BCUT2D eigenvalue weighted by Gasteiger charge is -2.03. The highest BCUT2D eigenvalue weighted by Gasteiger charge is 2.12. The Morgan fingerprint density at radius 3 is 2.55 bits per heavy atom. The van der Waals surface area contributed by atoms with Gasteiger partial charge in [0.15, 0.2) is 5.43 Å². The molecular formula is C15H13NO3S. The first-order valence-corrected chi connectivity index (χ1v) is 6.71. The largest absolute Gasteiger partial charge is 0.478 e. The summed E-state index contributed by atoms with van der Waals surface area (Å²) in [5.41, 5.74) is 6.76. The smallest absolute Gasteiger partial charge is 0.336 e. The topological polar surface area (TPSA) is 80.4 Å². The van der Waals surface area contributed by atoms with Gasteiger partial charge in [-0.1, -0.05) is 23.9 Å². The average molecular weight is 287 g/mol. The number of rotatable bonds is 3. The summed E-state index contributed by atoms with van der Waals surface area (Å²) in [7, 11) is 0. The number of hydrogen-bond donors (Lipinski definition) is 2. The summed E-state index contributed by atoms with van der Waals surface area (Å²) in [6.45, 7) is 1.69. The molecule has 0 aliphatic carbocycles. The lowest BCUT2D eigenvalue weighted by atomic mass is 10.2. The van der Waals surface area contributed by atoms with E-state index in [0.29, 0.717) is 21.0 Å². The van der Waals surface area contributed by atoms with E-state index < -0.39 is 5.97 Å². The Hall–Kier alpha value is -2.27. The van der Waals surface area contributed by atoms with E-state index in [1.165, 1.54) is 6.07 Å². The van der Waals surface area contributed by atoms with Gasteiger partial charge in [0.25, 0.3) is 0 Å². The Bertz CT molecular complexity index is 728. The molecule has 5 heteroatoms. The minimum absolute atomic E-state index is 0.146. The van der Waals surface area contributed by atoms with Gasteiger partial charge in [-0.15, -0.1) is 0 Å². The van der Waals surface area contributed by atoms with Gasteiger partial charge in [-0.2, -0.15) is 0 Å². The van der Waals surface area contributed by atoms with Crippen molar-refractivity contribution in [3.05, 3.63) is 63.8 Å².